The molecule has 1 aliphatic rings. The predicted molar refractivity (Wildman–Crippen MR) is 98.4 cm³/mol. The molecule has 2 aromatic rings. The molecule has 0 saturated heterocycles. The maximum Gasteiger partial charge on any atom is 0.268 e. The highest BCUT2D eigenvalue weighted by Gasteiger charge is 2.32. The molecule has 0 aliphatic carbocycles. The van der Waals surface area contributed by atoms with E-state index in [0.29, 0.717) is 23.7 Å². The smallest absolute Gasteiger partial charge is 0.268 e. The molecule has 134 valence electrons. The second-order valence-electron chi connectivity index (χ2n) is 5.86. The Bertz CT molecular complexity index is 867. The third-order valence-electron chi connectivity index (χ3n) is 4.36. The lowest BCUT2D eigenvalue weighted by molar-refractivity contribution is 0.392. The normalized spacial score (nSPS) is 14.7. The number of fused-ring (bicyclic) bond motifs is 1. The van der Waals surface area contributed by atoms with Gasteiger partial charge in [-0.15, -0.1) is 0 Å². The van der Waals surface area contributed by atoms with Gasteiger partial charge < -0.3 is 14.4 Å². The Morgan fingerprint density at radius 1 is 0.960 bits per heavy atom. The first-order valence-electron chi connectivity index (χ1n) is 8.04. The molecule has 0 N–H and O–H groups in total. The van der Waals surface area contributed by atoms with E-state index in [4.69, 9.17) is 9.47 Å². The zero-order valence-corrected chi connectivity index (χ0v) is 15.4. The molecule has 3 rings (SSSR count). The molecule has 0 radical (unpaired) electrons. The fourth-order valence-electron chi connectivity index (χ4n) is 3.04. The molecular weight excluding hydrogens is 340 g/mol. The molecule has 1 aliphatic heterocycles. The van der Waals surface area contributed by atoms with Crippen LogP contribution in [0.1, 0.15) is 6.42 Å². The van der Waals surface area contributed by atoms with Crippen LogP contribution in [0.25, 0.3) is 0 Å². The van der Waals surface area contributed by atoms with Gasteiger partial charge in [0.2, 0.25) is 0 Å². The zero-order valence-electron chi connectivity index (χ0n) is 14.6. The standard InChI is InChI=1S/C18H22N2O4S/c1-19-11-6-12-20(16-8-5-4-7-15(16)19)25(21,22)18-13-14(23-2)9-10-17(18)24-3/h4-5,7-10,13H,6,11-12H2,1-3H3. The SMILES string of the molecule is COc1ccc(OC)c(S(=O)(=O)N2CCCN(C)c3ccccc32)c1. The van der Waals surface area contributed by atoms with E-state index in [0.717, 1.165) is 18.7 Å². The molecule has 0 unspecified atom stereocenters. The summed E-state index contributed by atoms with van der Waals surface area (Å²) in [4.78, 5) is 2.18. The Hall–Kier alpha value is -2.41. The van der Waals surface area contributed by atoms with Crippen LogP contribution in [0, 0.1) is 0 Å². The minimum absolute atomic E-state index is 0.105. The van der Waals surface area contributed by atoms with Crippen LogP contribution < -0.4 is 18.7 Å². The fourth-order valence-corrected chi connectivity index (χ4v) is 4.74. The van der Waals surface area contributed by atoms with E-state index < -0.39 is 10.0 Å². The molecule has 2 aromatic carbocycles. The van der Waals surface area contributed by atoms with Crippen molar-refractivity contribution in [3.05, 3.63) is 42.5 Å². The third-order valence-corrected chi connectivity index (χ3v) is 6.19. The average molecular weight is 362 g/mol. The van der Waals surface area contributed by atoms with Gasteiger partial charge >= 0.3 is 0 Å². The summed E-state index contributed by atoms with van der Waals surface area (Å²) in [7, 11) is 1.15. The molecule has 0 aromatic heterocycles. The first-order valence-corrected chi connectivity index (χ1v) is 9.48. The van der Waals surface area contributed by atoms with Gasteiger partial charge in [0.25, 0.3) is 10.0 Å². The second kappa shape index (κ2) is 6.84. The van der Waals surface area contributed by atoms with Gasteiger partial charge in [-0.05, 0) is 30.7 Å². The summed E-state index contributed by atoms with van der Waals surface area (Å²) in [6, 6.07) is 12.3. The predicted octanol–water partition coefficient (Wildman–Crippen LogP) is 2.74. The van der Waals surface area contributed by atoms with Crippen LogP contribution in [0.4, 0.5) is 11.4 Å². The third kappa shape index (κ3) is 3.11. The molecule has 25 heavy (non-hydrogen) atoms. The van der Waals surface area contributed by atoms with Crippen molar-refractivity contribution in [2.75, 3.05) is 43.6 Å². The lowest BCUT2D eigenvalue weighted by Gasteiger charge is -2.26. The van der Waals surface area contributed by atoms with E-state index in [1.165, 1.54) is 24.6 Å². The summed E-state index contributed by atoms with van der Waals surface area (Å²) in [5.41, 5.74) is 1.57. The summed E-state index contributed by atoms with van der Waals surface area (Å²) in [5.74, 6) is 0.774. The second-order valence-corrected chi connectivity index (χ2v) is 7.69. The van der Waals surface area contributed by atoms with Gasteiger partial charge in [-0.3, -0.25) is 4.31 Å². The summed E-state index contributed by atoms with van der Waals surface area (Å²) < 4.78 is 38.8. The first-order chi connectivity index (χ1) is 12.0. The van der Waals surface area contributed by atoms with Gasteiger partial charge in [-0.2, -0.15) is 0 Å². The summed E-state index contributed by atoms with van der Waals surface area (Å²) in [6.45, 7) is 1.20. The Morgan fingerprint density at radius 2 is 1.68 bits per heavy atom. The quantitative estimate of drug-likeness (QED) is 0.837. The Labute approximate surface area is 148 Å². The van der Waals surface area contributed by atoms with Gasteiger partial charge in [-0.25, -0.2) is 8.42 Å². The molecule has 0 fully saturated rings. The Balaban J connectivity index is 2.16. The maximum absolute atomic E-state index is 13.4. The van der Waals surface area contributed by atoms with Crippen molar-refractivity contribution in [1.82, 2.24) is 0 Å². The van der Waals surface area contributed by atoms with Crippen molar-refractivity contribution in [3.63, 3.8) is 0 Å². The molecule has 0 bridgehead atoms. The number of sulfonamides is 1. The lowest BCUT2D eigenvalue weighted by Crippen LogP contribution is -2.32. The van der Waals surface area contributed by atoms with Crippen LogP contribution in [0.15, 0.2) is 47.4 Å². The van der Waals surface area contributed by atoms with E-state index in [-0.39, 0.29) is 4.90 Å². The van der Waals surface area contributed by atoms with Gasteiger partial charge in [0, 0.05) is 26.2 Å². The van der Waals surface area contributed by atoms with Crippen LogP contribution in [0.2, 0.25) is 0 Å². The average Bonchev–Trinajstić information content (AvgIpc) is 2.81. The van der Waals surface area contributed by atoms with E-state index in [2.05, 4.69) is 4.90 Å². The molecule has 0 spiro atoms. The van der Waals surface area contributed by atoms with E-state index in [9.17, 15) is 8.42 Å². The number of benzene rings is 2. The summed E-state index contributed by atoms with van der Waals surface area (Å²) in [6.07, 6.45) is 0.733. The van der Waals surface area contributed by atoms with Crippen molar-refractivity contribution in [2.45, 2.75) is 11.3 Å². The zero-order chi connectivity index (χ0) is 18.0. The largest absolute Gasteiger partial charge is 0.497 e. The number of anilines is 2. The fraction of sp³-hybridized carbons (Fsp3) is 0.333. The molecule has 1 heterocycles. The van der Waals surface area contributed by atoms with Crippen molar-refractivity contribution >= 4 is 21.4 Å². The number of rotatable bonds is 4. The Morgan fingerprint density at radius 3 is 2.36 bits per heavy atom. The molecule has 7 heteroatoms. The lowest BCUT2D eigenvalue weighted by atomic mass is 10.2. The highest BCUT2D eigenvalue weighted by molar-refractivity contribution is 7.93. The minimum Gasteiger partial charge on any atom is -0.497 e. The van der Waals surface area contributed by atoms with E-state index >= 15 is 0 Å². The van der Waals surface area contributed by atoms with Crippen molar-refractivity contribution in [3.8, 4) is 11.5 Å². The van der Waals surface area contributed by atoms with Gasteiger partial charge in [0.1, 0.15) is 16.4 Å². The molecule has 0 amide bonds. The van der Waals surface area contributed by atoms with Gasteiger partial charge in [0.05, 0.1) is 25.6 Å². The minimum atomic E-state index is -3.80. The number of nitrogens with zero attached hydrogens (tertiary/aromatic N) is 2. The van der Waals surface area contributed by atoms with Crippen molar-refractivity contribution in [1.29, 1.82) is 0 Å². The number of para-hydroxylation sites is 2. The molecule has 6 nitrogen and oxygen atoms in total. The van der Waals surface area contributed by atoms with Crippen molar-refractivity contribution < 1.29 is 17.9 Å². The number of methoxy groups -OCH3 is 2. The molecular formula is C18H22N2O4S. The molecule has 0 atom stereocenters. The highest BCUT2D eigenvalue weighted by atomic mass is 32.2. The van der Waals surface area contributed by atoms with Crippen LogP contribution in [-0.2, 0) is 10.0 Å². The van der Waals surface area contributed by atoms with Crippen LogP contribution in [-0.4, -0.2) is 42.8 Å². The van der Waals surface area contributed by atoms with Gasteiger partial charge in [-0.1, -0.05) is 12.1 Å². The first kappa shape index (κ1) is 17.4. The van der Waals surface area contributed by atoms with Crippen LogP contribution >= 0.6 is 0 Å². The van der Waals surface area contributed by atoms with Gasteiger partial charge in [0.15, 0.2) is 0 Å². The van der Waals surface area contributed by atoms with Crippen LogP contribution in [0.5, 0.6) is 11.5 Å². The number of hydrogen-bond acceptors (Lipinski definition) is 5. The summed E-state index contributed by atoms with van der Waals surface area (Å²) >= 11 is 0. The number of hydrogen-bond donors (Lipinski definition) is 0. The molecule has 0 saturated carbocycles. The van der Waals surface area contributed by atoms with E-state index in [1.54, 1.807) is 12.1 Å². The monoisotopic (exact) mass is 362 g/mol. The number of ether oxygens (including phenoxy) is 2. The maximum atomic E-state index is 13.4. The topological polar surface area (TPSA) is 59.1 Å². The highest BCUT2D eigenvalue weighted by Crippen LogP contribution is 2.38. The summed E-state index contributed by atoms with van der Waals surface area (Å²) in [5, 5.41) is 0. The Kier molecular flexibility index (Phi) is 4.76. The van der Waals surface area contributed by atoms with Crippen molar-refractivity contribution in [2.24, 2.45) is 0 Å². The van der Waals surface area contributed by atoms with E-state index in [1.807, 2.05) is 31.3 Å². The van der Waals surface area contributed by atoms with Crippen LogP contribution in [0.3, 0.4) is 0 Å².